The van der Waals surface area contributed by atoms with Crippen molar-refractivity contribution in [3.63, 3.8) is 0 Å². The number of carboxylic acids is 1. The van der Waals surface area contributed by atoms with Crippen molar-refractivity contribution in [2.75, 3.05) is 19.7 Å². The Morgan fingerprint density at radius 2 is 1.72 bits per heavy atom. The number of hydrogen-bond donors (Lipinski definition) is 4. The predicted octanol–water partition coefficient (Wildman–Crippen LogP) is 5.97. The maximum atomic E-state index is 13.8. The normalized spacial score (nSPS) is 25.4. The Kier molecular flexibility index (Phi) is 15.9. The zero-order chi connectivity index (χ0) is 36.0. The first-order valence-corrected chi connectivity index (χ1v) is 19.6. The second kappa shape index (κ2) is 20.0. The number of carbonyl (C=O) groups excluding carboxylic acids is 3. The third-order valence-electron chi connectivity index (χ3n) is 11.7. The van der Waals surface area contributed by atoms with Gasteiger partial charge in [-0.25, -0.2) is 4.79 Å². The van der Waals surface area contributed by atoms with Crippen LogP contribution in [0.5, 0.6) is 5.75 Å². The van der Waals surface area contributed by atoms with Crippen molar-refractivity contribution in [1.29, 1.82) is 0 Å². The van der Waals surface area contributed by atoms with Gasteiger partial charge in [0.15, 0.2) is 6.61 Å². The fraction of sp³-hybridized carbons (Fsp3) is 0.750. The molecule has 2 fully saturated rings. The lowest BCUT2D eigenvalue weighted by atomic mass is 9.73. The number of rotatable bonds is 20. The Morgan fingerprint density at radius 3 is 2.44 bits per heavy atom. The van der Waals surface area contributed by atoms with Gasteiger partial charge in [-0.1, -0.05) is 71.4 Å². The maximum Gasteiger partial charge on any atom is 0.341 e. The van der Waals surface area contributed by atoms with E-state index in [1.54, 1.807) is 0 Å². The summed E-state index contributed by atoms with van der Waals surface area (Å²) in [6.07, 6.45) is 14.4. The summed E-state index contributed by atoms with van der Waals surface area (Å²) in [5.74, 6) is -0.0614. The topological polar surface area (TPSA) is 157 Å². The van der Waals surface area contributed by atoms with Crippen LogP contribution in [-0.2, 0) is 36.8 Å². The lowest BCUT2D eigenvalue weighted by molar-refractivity contribution is -0.161. The van der Waals surface area contributed by atoms with Crippen molar-refractivity contribution in [1.82, 2.24) is 10.6 Å². The number of esters is 1. The summed E-state index contributed by atoms with van der Waals surface area (Å²) >= 11 is 0. The number of hydrogen-bond acceptors (Lipinski definition) is 7. The van der Waals surface area contributed by atoms with Crippen LogP contribution in [0.2, 0.25) is 0 Å². The monoisotopic (exact) mass is 697 g/mol. The Bertz CT molecular complexity index is 1270. The number of nitrogens with one attached hydrogen (secondary N) is 2. The highest BCUT2D eigenvalue weighted by Gasteiger charge is 2.44. The molecular weight excluding hydrogens is 634 g/mol. The number of nitrogens with two attached hydrogens (primary N) is 1. The zero-order valence-corrected chi connectivity index (χ0v) is 30.8. The first kappa shape index (κ1) is 39.6. The van der Waals surface area contributed by atoms with Gasteiger partial charge in [-0.2, -0.15) is 0 Å². The number of carboxylic acid groups (broad SMARTS) is 1. The largest absolute Gasteiger partial charge is 0.482 e. The minimum absolute atomic E-state index is 0.000619. The summed E-state index contributed by atoms with van der Waals surface area (Å²) in [7, 11) is 0. The standard InChI is InChI=1S/C40H63N3O7/c1-4-6-8-14-29(18-19-30-26(3)21-28-23-34-27(22-33(28)30)13-12-17-36(34)49-25-37(44)45)50-40(48)32-16-10-9-15-31(32)38(46)43-35(24-41)39(47)42-20-11-7-5-2/h12-13,17,26,28-33,35H,4-11,14-16,18-25,41H2,1-3H3,(H,42,47)(H,43,46)(H,44,45)/t26-,28-,29+,30?,31+,32-,33+,35?/m1/s1. The van der Waals surface area contributed by atoms with Crippen LogP contribution in [0, 0.1) is 35.5 Å². The molecule has 2 amide bonds. The Morgan fingerprint density at radius 1 is 0.980 bits per heavy atom. The number of carbonyl (C=O) groups is 4. The van der Waals surface area contributed by atoms with Crippen molar-refractivity contribution in [2.24, 2.45) is 41.2 Å². The van der Waals surface area contributed by atoms with E-state index in [1.807, 2.05) is 12.1 Å². The van der Waals surface area contributed by atoms with Gasteiger partial charge in [-0.05, 0) is 105 Å². The molecule has 0 aromatic heterocycles. The Balaban J connectivity index is 1.38. The molecule has 1 aromatic rings. The molecule has 0 bridgehead atoms. The lowest BCUT2D eigenvalue weighted by Crippen LogP contribution is -2.53. The van der Waals surface area contributed by atoms with Crippen molar-refractivity contribution in [3.8, 4) is 5.75 Å². The predicted molar refractivity (Wildman–Crippen MR) is 193 cm³/mol. The van der Waals surface area contributed by atoms with Gasteiger partial charge in [0.1, 0.15) is 17.9 Å². The number of aliphatic carboxylic acids is 1. The molecule has 280 valence electrons. The fourth-order valence-corrected chi connectivity index (χ4v) is 8.94. The van der Waals surface area contributed by atoms with Gasteiger partial charge in [0.05, 0.1) is 11.8 Å². The molecule has 0 aliphatic heterocycles. The summed E-state index contributed by atoms with van der Waals surface area (Å²) in [5.41, 5.74) is 8.31. The van der Waals surface area contributed by atoms with Crippen LogP contribution >= 0.6 is 0 Å². The highest BCUT2D eigenvalue weighted by Crippen LogP contribution is 2.51. The molecule has 2 saturated carbocycles. The Hall–Kier alpha value is -3.14. The van der Waals surface area contributed by atoms with E-state index in [9.17, 15) is 19.2 Å². The molecule has 8 atom stereocenters. The van der Waals surface area contributed by atoms with Crippen LogP contribution in [-0.4, -0.2) is 60.7 Å². The van der Waals surface area contributed by atoms with E-state index < -0.39 is 23.8 Å². The van der Waals surface area contributed by atoms with Crippen LogP contribution < -0.4 is 21.1 Å². The summed E-state index contributed by atoms with van der Waals surface area (Å²) < 4.78 is 12.0. The van der Waals surface area contributed by atoms with Crippen molar-refractivity contribution in [2.45, 2.75) is 136 Å². The molecule has 3 aliphatic rings. The van der Waals surface area contributed by atoms with Gasteiger partial charge in [-0.3, -0.25) is 14.4 Å². The second-order valence-corrected chi connectivity index (χ2v) is 15.2. The van der Waals surface area contributed by atoms with E-state index in [0.717, 1.165) is 95.5 Å². The maximum absolute atomic E-state index is 13.8. The van der Waals surface area contributed by atoms with E-state index in [4.69, 9.17) is 20.3 Å². The van der Waals surface area contributed by atoms with E-state index in [-0.39, 0.29) is 37.0 Å². The van der Waals surface area contributed by atoms with E-state index >= 15 is 0 Å². The smallest absolute Gasteiger partial charge is 0.341 e. The number of fused-ring (bicyclic) bond motifs is 2. The molecule has 50 heavy (non-hydrogen) atoms. The summed E-state index contributed by atoms with van der Waals surface area (Å²) in [4.78, 5) is 51.2. The molecule has 5 N–H and O–H groups in total. The molecule has 0 heterocycles. The molecule has 1 aromatic carbocycles. The number of ether oxygens (including phenoxy) is 2. The fourth-order valence-electron chi connectivity index (χ4n) is 8.94. The van der Waals surface area contributed by atoms with Gasteiger partial charge in [-0.15, -0.1) is 0 Å². The first-order chi connectivity index (χ1) is 24.2. The van der Waals surface area contributed by atoms with Crippen LogP contribution in [0.4, 0.5) is 0 Å². The average molecular weight is 698 g/mol. The SMILES string of the molecule is CCCCCNC(=O)C(CN)NC(=O)[C@H]1CCCC[C@H]1C(=O)O[C@@H](CCCCC)CCC1[C@H](C)C[C@@H]2Cc3c(cccc3OCC(=O)O)C[C@H]12. The minimum Gasteiger partial charge on any atom is -0.482 e. The third-order valence-corrected chi connectivity index (χ3v) is 11.7. The van der Waals surface area contributed by atoms with E-state index in [2.05, 4.69) is 37.5 Å². The van der Waals surface area contributed by atoms with Crippen LogP contribution in [0.25, 0.3) is 0 Å². The average Bonchev–Trinajstić information content (AvgIpc) is 3.42. The molecule has 2 unspecified atom stereocenters. The van der Waals surface area contributed by atoms with Crippen LogP contribution in [0.3, 0.4) is 0 Å². The van der Waals surface area contributed by atoms with Gasteiger partial charge < -0.3 is 30.9 Å². The number of amides is 2. The highest BCUT2D eigenvalue weighted by atomic mass is 16.5. The van der Waals surface area contributed by atoms with Crippen molar-refractivity contribution < 1.29 is 33.8 Å². The minimum atomic E-state index is -0.972. The van der Waals surface area contributed by atoms with Gasteiger partial charge >= 0.3 is 11.9 Å². The molecule has 3 aliphatic carbocycles. The van der Waals surface area contributed by atoms with E-state index in [0.29, 0.717) is 48.8 Å². The van der Waals surface area contributed by atoms with Crippen molar-refractivity contribution in [3.05, 3.63) is 29.3 Å². The summed E-state index contributed by atoms with van der Waals surface area (Å²) in [5, 5.41) is 14.9. The van der Waals surface area contributed by atoms with E-state index in [1.165, 1.54) is 5.56 Å². The molecule has 0 radical (unpaired) electrons. The quantitative estimate of drug-likeness (QED) is 0.0960. The van der Waals surface area contributed by atoms with Crippen LogP contribution in [0.15, 0.2) is 18.2 Å². The second-order valence-electron chi connectivity index (χ2n) is 15.2. The first-order valence-electron chi connectivity index (χ1n) is 19.6. The zero-order valence-electron chi connectivity index (χ0n) is 30.8. The number of unbranched alkanes of at least 4 members (excludes halogenated alkanes) is 4. The van der Waals surface area contributed by atoms with Crippen LogP contribution in [0.1, 0.15) is 122 Å². The molecule has 0 saturated heterocycles. The molecular formula is C40H63N3O7. The van der Waals surface area contributed by atoms with Gasteiger partial charge in [0, 0.05) is 13.1 Å². The summed E-state index contributed by atoms with van der Waals surface area (Å²) in [6.45, 7) is 6.84. The van der Waals surface area contributed by atoms with Crippen molar-refractivity contribution >= 4 is 23.8 Å². The highest BCUT2D eigenvalue weighted by molar-refractivity contribution is 5.91. The number of benzene rings is 1. The molecule has 10 heteroatoms. The molecule has 10 nitrogen and oxygen atoms in total. The lowest BCUT2D eigenvalue weighted by Gasteiger charge is -2.34. The molecule has 0 spiro atoms. The van der Waals surface area contributed by atoms with Gasteiger partial charge in [0.2, 0.25) is 11.8 Å². The third kappa shape index (κ3) is 10.9. The molecule has 4 rings (SSSR count). The summed E-state index contributed by atoms with van der Waals surface area (Å²) in [6, 6.07) is 5.18. The Labute approximate surface area is 299 Å². The van der Waals surface area contributed by atoms with Gasteiger partial charge in [0.25, 0.3) is 0 Å².